The number of aromatic amines is 1. The van der Waals surface area contributed by atoms with Gasteiger partial charge in [-0.05, 0) is 48.2 Å². The van der Waals surface area contributed by atoms with Gasteiger partial charge in [0.15, 0.2) is 11.2 Å². The third-order valence-electron chi connectivity index (χ3n) is 5.20. The molecule has 1 N–H and O–H groups in total. The van der Waals surface area contributed by atoms with Crippen LogP contribution in [0.2, 0.25) is 5.28 Å². The van der Waals surface area contributed by atoms with E-state index in [0.717, 1.165) is 29.5 Å². The fraction of sp³-hybridized carbons (Fsp3) is 0.400. The number of hydrogen-bond acceptors (Lipinski definition) is 6. The maximum atomic E-state index is 13.9. The average molecular weight is 479 g/mol. The summed E-state index contributed by atoms with van der Waals surface area (Å²) < 4.78 is 30.4. The normalized spacial score (nSPS) is 11.5. The van der Waals surface area contributed by atoms with E-state index in [2.05, 4.69) is 25.4 Å². The number of nitrogens with one attached hydrogen (secondary N) is 1. The Morgan fingerprint density at radius 2 is 1.73 bits per heavy atom. The topological polar surface area (TPSA) is 116 Å². The van der Waals surface area contributed by atoms with Crippen molar-refractivity contribution < 1.29 is 8.78 Å². The molecule has 4 aromatic rings. The van der Waals surface area contributed by atoms with Crippen LogP contribution in [0.1, 0.15) is 32.6 Å². The Morgan fingerprint density at radius 1 is 1.03 bits per heavy atom. The van der Waals surface area contributed by atoms with E-state index in [-0.39, 0.29) is 34.4 Å². The Hall–Kier alpha value is -3.41. The second-order valence-corrected chi connectivity index (χ2v) is 7.84. The first-order chi connectivity index (χ1) is 15.9. The Balaban J connectivity index is 1.47. The summed E-state index contributed by atoms with van der Waals surface area (Å²) in [7, 11) is 0. The second-order valence-electron chi connectivity index (χ2n) is 7.48. The standard InChI is InChI=1S/C20H21ClF2N8O2/c1-2-3-9-29-17-15(24-19(21)25-17)18(32)30(20(29)33)10-4-5-11-31-27-16(26-28-31)14-12(22)7-6-8-13(14)23/h6-8H,2-5,9-11H2,1H3,(H,24,25). The lowest BCUT2D eigenvalue weighted by Gasteiger charge is -2.10. The van der Waals surface area contributed by atoms with Crippen LogP contribution in [-0.2, 0) is 19.6 Å². The number of nitrogens with zero attached hydrogens (tertiary/aromatic N) is 7. The minimum atomic E-state index is -0.775. The van der Waals surface area contributed by atoms with Crippen LogP contribution < -0.4 is 11.2 Å². The number of benzene rings is 1. The fourth-order valence-corrected chi connectivity index (χ4v) is 3.70. The quantitative estimate of drug-likeness (QED) is 0.292. The third-order valence-corrected chi connectivity index (χ3v) is 5.38. The van der Waals surface area contributed by atoms with Gasteiger partial charge in [-0.2, -0.15) is 9.78 Å². The highest BCUT2D eigenvalue weighted by atomic mass is 35.5. The number of aromatic nitrogens is 8. The molecule has 0 aliphatic heterocycles. The number of halogens is 3. The Labute approximate surface area is 190 Å². The molecular formula is C20H21ClF2N8O2. The first-order valence-corrected chi connectivity index (χ1v) is 10.9. The van der Waals surface area contributed by atoms with Gasteiger partial charge in [-0.15, -0.1) is 10.2 Å². The molecule has 0 aliphatic carbocycles. The molecule has 3 heterocycles. The summed E-state index contributed by atoms with van der Waals surface area (Å²) >= 11 is 5.93. The molecule has 0 atom stereocenters. The molecule has 3 aromatic heterocycles. The van der Waals surface area contributed by atoms with E-state index < -0.39 is 22.9 Å². The molecule has 0 amide bonds. The molecule has 33 heavy (non-hydrogen) atoms. The minimum Gasteiger partial charge on any atom is -0.323 e. The van der Waals surface area contributed by atoms with E-state index in [0.29, 0.717) is 25.9 Å². The van der Waals surface area contributed by atoms with Crippen molar-refractivity contribution in [3.63, 3.8) is 0 Å². The molecule has 0 spiro atoms. The maximum absolute atomic E-state index is 13.9. The summed E-state index contributed by atoms with van der Waals surface area (Å²) in [5, 5.41) is 11.6. The summed E-state index contributed by atoms with van der Waals surface area (Å²) in [5.41, 5.74) is -0.835. The lowest BCUT2D eigenvalue weighted by atomic mass is 10.2. The van der Waals surface area contributed by atoms with Gasteiger partial charge in [0, 0.05) is 13.1 Å². The van der Waals surface area contributed by atoms with Crippen LogP contribution in [0.3, 0.4) is 0 Å². The molecule has 10 nitrogen and oxygen atoms in total. The largest absolute Gasteiger partial charge is 0.332 e. The number of fused-ring (bicyclic) bond motifs is 1. The Bertz CT molecular complexity index is 1390. The van der Waals surface area contributed by atoms with Crippen molar-refractivity contribution in [2.75, 3.05) is 0 Å². The monoisotopic (exact) mass is 478 g/mol. The molecule has 4 rings (SSSR count). The Kier molecular flexibility index (Phi) is 6.63. The zero-order valence-corrected chi connectivity index (χ0v) is 18.5. The maximum Gasteiger partial charge on any atom is 0.332 e. The van der Waals surface area contributed by atoms with E-state index in [1.165, 1.54) is 15.4 Å². The summed E-state index contributed by atoms with van der Waals surface area (Å²) in [6.07, 6.45) is 2.58. The van der Waals surface area contributed by atoms with E-state index >= 15 is 0 Å². The van der Waals surface area contributed by atoms with Gasteiger partial charge in [0.1, 0.15) is 11.6 Å². The molecular weight excluding hydrogens is 458 g/mol. The number of tetrazole rings is 1. The number of unbranched alkanes of at least 4 members (excludes halogenated alkanes) is 2. The highest BCUT2D eigenvalue weighted by Gasteiger charge is 2.18. The molecule has 0 aliphatic rings. The molecule has 0 bridgehead atoms. The van der Waals surface area contributed by atoms with Gasteiger partial charge in [-0.3, -0.25) is 13.9 Å². The predicted octanol–water partition coefficient (Wildman–Crippen LogP) is 2.75. The van der Waals surface area contributed by atoms with Crippen molar-refractivity contribution >= 4 is 22.8 Å². The number of hydrogen-bond donors (Lipinski definition) is 1. The summed E-state index contributed by atoms with van der Waals surface area (Å²) in [5.74, 6) is -1.70. The molecule has 0 saturated carbocycles. The van der Waals surface area contributed by atoms with Crippen molar-refractivity contribution in [2.45, 2.75) is 52.2 Å². The van der Waals surface area contributed by atoms with Gasteiger partial charge in [-0.1, -0.05) is 19.4 Å². The van der Waals surface area contributed by atoms with Gasteiger partial charge >= 0.3 is 5.69 Å². The Morgan fingerprint density at radius 3 is 2.45 bits per heavy atom. The van der Waals surface area contributed by atoms with Crippen LogP contribution in [0.15, 0.2) is 27.8 Å². The third kappa shape index (κ3) is 4.56. The van der Waals surface area contributed by atoms with Gasteiger partial charge < -0.3 is 4.98 Å². The molecule has 0 unspecified atom stereocenters. The van der Waals surface area contributed by atoms with Crippen LogP contribution in [0, 0.1) is 11.6 Å². The number of aryl methyl sites for hydroxylation is 2. The number of imidazole rings is 1. The second kappa shape index (κ2) is 9.61. The van der Waals surface area contributed by atoms with Crippen LogP contribution in [-0.4, -0.2) is 39.3 Å². The van der Waals surface area contributed by atoms with Crippen molar-refractivity contribution in [3.8, 4) is 11.4 Å². The smallest absolute Gasteiger partial charge is 0.323 e. The molecule has 1 aromatic carbocycles. The van der Waals surface area contributed by atoms with Crippen LogP contribution in [0.25, 0.3) is 22.6 Å². The lowest BCUT2D eigenvalue weighted by molar-refractivity contribution is 0.457. The fourth-order valence-electron chi connectivity index (χ4n) is 3.53. The lowest BCUT2D eigenvalue weighted by Crippen LogP contribution is -2.40. The SMILES string of the molecule is CCCCn1c(=O)n(CCCCn2nnc(-c3c(F)cccc3F)n2)c(=O)c2[nH]c(Cl)nc21. The molecule has 13 heteroatoms. The molecule has 0 fully saturated rings. The van der Waals surface area contributed by atoms with Gasteiger partial charge in [0.2, 0.25) is 11.1 Å². The van der Waals surface area contributed by atoms with E-state index in [1.807, 2.05) is 6.92 Å². The average Bonchev–Trinajstić information content (AvgIpc) is 3.40. The zero-order valence-electron chi connectivity index (χ0n) is 17.8. The van der Waals surface area contributed by atoms with Gasteiger partial charge in [0.05, 0.1) is 12.1 Å². The first kappa shape index (κ1) is 22.8. The molecule has 0 saturated heterocycles. The van der Waals surface area contributed by atoms with E-state index in [4.69, 9.17) is 11.6 Å². The molecule has 0 radical (unpaired) electrons. The number of H-pyrrole nitrogens is 1. The summed E-state index contributed by atoms with van der Waals surface area (Å²) in [6.45, 7) is 2.88. The highest BCUT2D eigenvalue weighted by molar-refractivity contribution is 6.28. The zero-order chi connectivity index (χ0) is 23.5. The van der Waals surface area contributed by atoms with Crippen molar-refractivity contribution in [3.05, 3.63) is 56.0 Å². The first-order valence-electron chi connectivity index (χ1n) is 10.5. The van der Waals surface area contributed by atoms with Crippen LogP contribution >= 0.6 is 11.6 Å². The molecule has 174 valence electrons. The van der Waals surface area contributed by atoms with Crippen molar-refractivity contribution in [1.29, 1.82) is 0 Å². The number of rotatable bonds is 9. The predicted molar refractivity (Wildman–Crippen MR) is 117 cm³/mol. The van der Waals surface area contributed by atoms with Crippen molar-refractivity contribution in [2.24, 2.45) is 0 Å². The van der Waals surface area contributed by atoms with Crippen LogP contribution in [0.4, 0.5) is 8.78 Å². The van der Waals surface area contributed by atoms with Crippen LogP contribution in [0.5, 0.6) is 0 Å². The summed E-state index contributed by atoms with van der Waals surface area (Å²) in [4.78, 5) is 33.7. The van der Waals surface area contributed by atoms with Gasteiger partial charge in [-0.25, -0.2) is 13.6 Å². The summed E-state index contributed by atoms with van der Waals surface area (Å²) in [6, 6.07) is 3.49. The van der Waals surface area contributed by atoms with E-state index in [9.17, 15) is 18.4 Å². The minimum absolute atomic E-state index is 0.0452. The highest BCUT2D eigenvalue weighted by Crippen LogP contribution is 2.21. The van der Waals surface area contributed by atoms with E-state index in [1.54, 1.807) is 0 Å². The van der Waals surface area contributed by atoms with Gasteiger partial charge in [0.25, 0.3) is 5.56 Å². The van der Waals surface area contributed by atoms with Crippen molar-refractivity contribution in [1.82, 2.24) is 39.3 Å².